The number of hydroxylamine groups is 1. The summed E-state index contributed by atoms with van der Waals surface area (Å²) in [6.45, 7) is 9.67. The highest BCUT2D eigenvalue weighted by molar-refractivity contribution is 7.18. The minimum atomic E-state index is -0.590. The number of rotatable bonds is 7. The molecule has 1 amide bonds. The van der Waals surface area contributed by atoms with Crippen LogP contribution in [0.1, 0.15) is 51.9 Å². The van der Waals surface area contributed by atoms with Crippen LogP contribution in [-0.4, -0.2) is 31.8 Å². The molecule has 0 saturated heterocycles. The van der Waals surface area contributed by atoms with Gasteiger partial charge in [0.05, 0.1) is 24.4 Å². The molecule has 1 unspecified atom stereocenters. The molecule has 0 aliphatic carbocycles. The number of esters is 1. The number of para-hydroxylation sites is 1. The van der Waals surface area contributed by atoms with Gasteiger partial charge in [0, 0.05) is 5.69 Å². The number of hydrogen-bond donors (Lipinski definition) is 1. The number of methoxy groups -OCH3 is 1. The van der Waals surface area contributed by atoms with Crippen molar-refractivity contribution in [2.45, 2.75) is 40.8 Å². The van der Waals surface area contributed by atoms with Crippen LogP contribution in [0.5, 0.6) is 0 Å². The van der Waals surface area contributed by atoms with E-state index in [0.29, 0.717) is 27.7 Å². The molecule has 2 heterocycles. The van der Waals surface area contributed by atoms with E-state index in [-0.39, 0.29) is 11.5 Å². The largest absolute Gasteiger partial charge is 0.469 e. The molecule has 0 saturated carbocycles. The lowest BCUT2D eigenvalue weighted by Gasteiger charge is -2.32. The first-order valence-electron chi connectivity index (χ1n) is 10.3. The van der Waals surface area contributed by atoms with E-state index >= 15 is 0 Å². The topological polar surface area (TPSA) is 77.1 Å². The molecule has 2 aromatic rings. The van der Waals surface area contributed by atoms with Crippen LogP contribution in [0.25, 0.3) is 0 Å². The maximum atomic E-state index is 13.2. The third-order valence-corrected chi connectivity index (χ3v) is 6.45. The molecule has 7 nitrogen and oxygen atoms in total. The fourth-order valence-corrected chi connectivity index (χ4v) is 4.45. The van der Waals surface area contributed by atoms with Crippen molar-refractivity contribution in [3.05, 3.63) is 69.3 Å². The van der Waals surface area contributed by atoms with Gasteiger partial charge < -0.3 is 14.8 Å². The van der Waals surface area contributed by atoms with Gasteiger partial charge in [-0.2, -0.15) is 5.06 Å². The Balaban J connectivity index is 2.04. The highest BCUT2D eigenvalue weighted by Gasteiger charge is 2.33. The molecule has 0 bridgehead atoms. The summed E-state index contributed by atoms with van der Waals surface area (Å²) in [5.41, 5.74) is 3.46. The molecule has 1 N–H and O–H groups in total. The molecule has 0 spiro atoms. The van der Waals surface area contributed by atoms with E-state index in [9.17, 15) is 9.59 Å². The van der Waals surface area contributed by atoms with Gasteiger partial charge in [-0.05, 0) is 63.5 Å². The first-order chi connectivity index (χ1) is 15.3. The first-order valence-corrected chi connectivity index (χ1v) is 11.1. The van der Waals surface area contributed by atoms with Crippen LogP contribution >= 0.6 is 11.3 Å². The molecule has 3 rings (SSSR count). The number of ether oxygens (including phenoxy) is 2. The monoisotopic (exact) mass is 456 g/mol. The highest BCUT2D eigenvalue weighted by atomic mass is 32.1. The molecule has 170 valence electrons. The number of thiophene rings is 1. The van der Waals surface area contributed by atoms with Crippen molar-refractivity contribution >= 4 is 33.9 Å². The standard InChI is InChI=1S/C24H28N2O5S/c1-7-30-26(19-13-12-14(2)17(5)31-19)23-20(24(28)29-6)16(4)21(32-23)22(27)25-18-11-9-8-10-15(18)3/h8-13,19H,7H2,1-6H3,(H,25,27). The smallest absolute Gasteiger partial charge is 0.341 e. The number of aryl methyl sites for hydroxylation is 1. The number of benzene rings is 1. The van der Waals surface area contributed by atoms with Crippen molar-refractivity contribution in [3.8, 4) is 0 Å². The molecular formula is C24H28N2O5S. The predicted octanol–water partition coefficient (Wildman–Crippen LogP) is 5.37. The summed E-state index contributed by atoms with van der Waals surface area (Å²) in [5, 5.41) is 4.92. The Morgan fingerprint density at radius 3 is 2.53 bits per heavy atom. The summed E-state index contributed by atoms with van der Waals surface area (Å²) < 4.78 is 11.0. The summed E-state index contributed by atoms with van der Waals surface area (Å²) in [6, 6.07) is 7.52. The summed E-state index contributed by atoms with van der Waals surface area (Å²) >= 11 is 1.16. The van der Waals surface area contributed by atoms with Crippen LogP contribution in [0.2, 0.25) is 0 Å². The average molecular weight is 457 g/mol. The average Bonchev–Trinajstić information content (AvgIpc) is 3.12. The van der Waals surface area contributed by atoms with Crippen molar-refractivity contribution in [2.24, 2.45) is 0 Å². The Bertz CT molecular complexity index is 1090. The molecule has 0 radical (unpaired) electrons. The number of carbonyl (C=O) groups excluding carboxylic acids is 2. The molecule has 0 fully saturated rings. The number of carbonyl (C=O) groups is 2. The summed E-state index contributed by atoms with van der Waals surface area (Å²) in [6.07, 6.45) is 3.20. The fraction of sp³-hybridized carbons (Fsp3) is 0.333. The van der Waals surface area contributed by atoms with E-state index in [1.54, 1.807) is 6.92 Å². The van der Waals surface area contributed by atoms with E-state index < -0.39 is 12.2 Å². The molecule has 8 heteroatoms. The predicted molar refractivity (Wildman–Crippen MR) is 126 cm³/mol. The van der Waals surface area contributed by atoms with Crippen LogP contribution in [-0.2, 0) is 14.3 Å². The Hall–Kier alpha value is -3.10. The highest BCUT2D eigenvalue weighted by Crippen LogP contribution is 2.39. The van der Waals surface area contributed by atoms with Gasteiger partial charge in [-0.1, -0.05) is 24.3 Å². The van der Waals surface area contributed by atoms with E-state index in [4.69, 9.17) is 14.3 Å². The van der Waals surface area contributed by atoms with Gasteiger partial charge >= 0.3 is 5.97 Å². The van der Waals surface area contributed by atoms with Crippen molar-refractivity contribution in [1.29, 1.82) is 0 Å². The summed E-state index contributed by atoms with van der Waals surface area (Å²) in [5.74, 6) is -0.0917. The molecule has 1 atom stereocenters. The zero-order chi connectivity index (χ0) is 23.4. The molecular weight excluding hydrogens is 428 g/mol. The lowest BCUT2D eigenvalue weighted by Crippen LogP contribution is -2.37. The molecule has 1 aliphatic heterocycles. The lowest BCUT2D eigenvalue weighted by atomic mass is 10.1. The Labute approximate surface area is 192 Å². The minimum absolute atomic E-state index is 0.279. The van der Waals surface area contributed by atoms with Gasteiger partial charge in [0.1, 0.15) is 10.6 Å². The van der Waals surface area contributed by atoms with Gasteiger partial charge in [0.25, 0.3) is 5.91 Å². The Kier molecular flexibility index (Phi) is 7.37. The van der Waals surface area contributed by atoms with Crippen LogP contribution in [0.4, 0.5) is 10.7 Å². The second kappa shape index (κ2) is 10.0. The number of amides is 1. The molecule has 32 heavy (non-hydrogen) atoms. The van der Waals surface area contributed by atoms with Crippen LogP contribution in [0, 0.1) is 13.8 Å². The van der Waals surface area contributed by atoms with E-state index in [2.05, 4.69) is 5.32 Å². The minimum Gasteiger partial charge on any atom is -0.469 e. The third kappa shape index (κ3) is 4.71. The molecule has 1 aromatic carbocycles. The molecule has 1 aliphatic rings. The van der Waals surface area contributed by atoms with Crippen molar-refractivity contribution in [1.82, 2.24) is 0 Å². The van der Waals surface area contributed by atoms with Crippen LogP contribution in [0.3, 0.4) is 0 Å². The van der Waals surface area contributed by atoms with Gasteiger partial charge in [0.15, 0.2) is 0 Å². The molecule has 1 aromatic heterocycles. The Morgan fingerprint density at radius 1 is 1.19 bits per heavy atom. The van der Waals surface area contributed by atoms with Gasteiger partial charge in [-0.15, -0.1) is 11.3 Å². The van der Waals surface area contributed by atoms with Crippen molar-refractivity contribution in [3.63, 3.8) is 0 Å². The quantitative estimate of drug-likeness (QED) is 0.446. The number of allylic oxidation sites excluding steroid dienone is 3. The maximum Gasteiger partial charge on any atom is 0.341 e. The second-order valence-corrected chi connectivity index (χ2v) is 8.35. The summed E-state index contributed by atoms with van der Waals surface area (Å²) in [7, 11) is 1.31. The first kappa shape index (κ1) is 23.6. The SMILES string of the molecule is CCON(c1sc(C(=O)Nc2ccccc2C)c(C)c1C(=O)OC)C1C=CC(C)=C(C)O1. The van der Waals surface area contributed by atoms with Gasteiger partial charge in [-0.25, -0.2) is 4.79 Å². The van der Waals surface area contributed by atoms with E-state index in [1.807, 2.05) is 64.1 Å². The number of nitrogens with one attached hydrogen (secondary N) is 1. The number of anilines is 2. The second-order valence-electron chi connectivity index (χ2n) is 7.35. The normalized spacial score (nSPS) is 15.4. The van der Waals surface area contributed by atoms with Gasteiger partial charge in [0.2, 0.25) is 6.23 Å². The van der Waals surface area contributed by atoms with E-state index in [0.717, 1.165) is 28.2 Å². The number of nitrogens with zero attached hydrogens (tertiary/aromatic N) is 1. The zero-order valence-corrected chi connectivity index (χ0v) is 20.0. The van der Waals surface area contributed by atoms with Crippen molar-refractivity contribution < 1.29 is 23.9 Å². The van der Waals surface area contributed by atoms with E-state index in [1.165, 1.54) is 12.2 Å². The number of hydrogen-bond acceptors (Lipinski definition) is 7. The van der Waals surface area contributed by atoms with Crippen molar-refractivity contribution in [2.75, 3.05) is 24.1 Å². The zero-order valence-electron chi connectivity index (χ0n) is 19.1. The van der Waals surface area contributed by atoms with Crippen LogP contribution in [0.15, 0.2) is 47.7 Å². The summed E-state index contributed by atoms with van der Waals surface area (Å²) in [4.78, 5) is 32.1. The Morgan fingerprint density at radius 2 is 1.91 bits per heavy atom. The fourth-order valence-electron chi connectivity index (χ4n) is 3.27. The van der Waals surface area contributed by atoms with Crippen LogP contribution < -0.4 is 10.4 Å². The maximum absolute atomic E-state index is 13.2. The van der Waals surface area contributed by atoms with Gasteiger partial charge in [-0.3, -0.25) is 9.63 Å². The third-order valence-electron chi connectivity index (χ3n) is 5.18. The lowest BCUT2D eigenvalue weighted by molar-refractivity contribution is 0.0159.